The van der Waals surface area contributed by atoms with Crippen molar-refractivity contribution in [2.24, 2.45) is 0 Å². The average molecular weight is 346 g/mol. The minimum atomic E-state index is -3.69. The Morgan fingerprint density at radius 3 is 1.81 bits per heavy atom. The number of carbonyl (C=O) groups is 2. The van der Waals surface area contributed by atoms with Crippen LogP contribution in [0.25, 0.3) is 0 Å². The summed E-state index contributed by atoms with van der Waals surface area (Å²) >= 11 is 0. The lowest BCUT2D eigenvalue weighted by Gasteiger charge is -2.24. The van der Waals surface area contributed by atoms with E-state index >= 15 is 0 Å². The Hall–Kier alpha value is -0.760. The quantitative estimate of drug-likeness (QED) is 0.617. The van der Waals surface area contributed by atoms with Crippen molar-refractivity contribution in [3.05, 3.63) is 0 Å². The number of rotatable bonds is 9. The van der Waals surface area contributed by atoms with E-state index in [1.54, 1.807) is 0 Å². The molecule has 0 saturated heterocycles. The molecule has 0 heterocycles. The summed E-state index contributed by atoms with van der Waals surface area (Å²) < 4.78 is 42.7. The third-order valence-corrected chi connectivity index (χ3v) is 5.86. The van der Waals surface area contributed by atoms with E-state index in [4.69, 9.17) is 0 Å². The average Bonchev–Trinajstić information content (AvgIpc) is 2.50. The summed E-state index contributed by atoms with van der Waals surface area (Å²) in [6, 6.07) is 0. The molecule has 0 atom stereocenters. The van der Waals surface area contributed by atoms with Gasteiger partial charge in [0, 0.05) is 48.3 Å². The Morgan fingerprint density at radius 2 is 1.43 bits per heavy atom. The highest BCUT2D eigenvalue weighted by Gasteiger charge is 2.32. The van der Waals surface area contributed by atoms with E-state index in [1.165, 1.54) is 7.05 Å². The van der Waals surface area contributed by atoms with Gasteiger partial charge in [0.1, 0.15) is 0 Å². The summed E-state index contributed by atoms with van der Waals surface area (Å²) in [6.07, 6.45) is -0.584. The lowest BCUT2D eigenvalue weighted by molar-refractivity contribution is -0.129. The number of amides is 2. The Bertz CT molecular complexity index is 453. The molecule has 0 aromatic heterocycles. The van der Waals surface area contributed by atoms with Crippen LogP contribution >= 0.6 is 15.5 Å². The number of carbonyl (C=O) groups excluding carboxylic acids is 2. The van der Waals surface area contributed by atoms with Crippen LogP contribution in [0, 0.1) is 0 Å². The van der Waals surface area contributed by atoms with Gasteiger partial charge in [0.15, 0.2) is 0 Å². The van der Waals surface area contributed by atoms with Gasteiger partial charge in [-0.1, -0.05) is 0 Å². The van der Waals surface area contributed by atoms with E-state index in [1.807, 2.05) is 5.09 Å². The van der Waals surface area contributed by atoms with Gasteiger partial charge in [-0.05, 0) is 0 Å². The van der Waals surface area contributed by atoms with Gasteiger partial charge in [0.05, 0.1) is 0 Å². The molecule has 0 spiro atoms. The number of nitrogens with zero attached hydrogens (tertiary/aromatic N) is 1. The first kappa shape index (κ1) is 20.2. The number of hydrogen-bond acceptors (Lipinski definition) is 8. The monoisotopic (exact) mass is 346 g/mol. The van der Waals surface area contributed by atoms with Gasteiger partial charge in [-0.25, -0.2) is 9.13 Å². The standard InChI is InChI=1S/C9H20N2O8P2/c1-11(21(15,18-4)19-5)9(13)7-6-8(12)10-20(14,16-2)17-3/h6-7H2,1-5H3,(H,10,12,14). The second kappa shape index (κ2) is 8.63. The summed E-state index contributed by atoms with van der Waals surface area (Å²) in [5, 5.41) is 2.02. The van der Waals surface area contributed by atoms with E-state index in [-0.39, 0.29) is 12.8 Å². The Morgan fingerprint density at radius 1 is 0.952 bits per heavy atom. The van der Waals surface area contributed by atoms with Crippen molar-refractivity contribution in [1.29, 1.82) is 0 Å². The minimum absolute atomic E-state index is 0.285. The highest BCUT2D eigenvalue weighted by atomic mass is 31.2. The lowest BCUT2D eigenvalue weighted by Crippen LogP contribution is -2.28. The molecule has 0 aromatic rings. The van der Waals surface area contributed by atoms with Crippen LogP contribution in [0.2, 0.25) is 0 Å². The van der Waals surface area contributed by atoms with Gasteiger partial charge in [0.2, 0.25) is 11.8 Å². The smallest absolute Gasteiger partial charge is 0.296 e. The highest BCUT2D eigenvalue weighted by Crippen LogP contribution is 2.49. The van der Waals surface area contributed by atoms with Crippen molar-refractivity contribution in [1.82, 2.24) is 9.76 Å². The van der Waals surface area contributed by atoms with Gasteiger partial charge in [-0.2, -0.15) is 0 Å². The van der Waals surface area contributed by atoms with E-state index in [2.05, 4.69) is 18.1 Å². The zero-order chi connectivity index (χ0) is 16.7. The molecule has 2 amide bonds. The maximum Gasteiger partial charge on any atom is 0.436 e. The second-order valence-electron chi connectivity index (χ2n) is 3.65. The molecule has 0 radical (unpaired) electrons. The summed E-state index contributed by atoms with van der Waals surface area (Å²) in [5.74, 6) is -1.35. The third kappa shape index (κ3) is 5.86. The molecule has 1 N–H and O–H groups in total. The zero-order valence-corrected chi connectivity index (χ0v) is 14.3. The van der Waals surface area contributed by atoms with Gasteiger partial charge in [-0.3, -0.25) is 37.4 Å². The molecule has 0 saturated carbocycles. The predicted molar refractivity (Wildman–Crippen MR) is 73.4 cm³/mol. The van der Waals surface area contributed by atoms with E-state index in [9.17, 15) is 18.7 Å². The SMILES string of the molecule is COP(=O)(NC(=O)CCC(=O)N(C)P(=O)(OC)OC)OC. The first-order valence-electron chi connectivity index (χ1n) is 5.69. The molecule has 0 aliphatic rings. The van der Waals surface area contributed by atoms with Gasteiger partial charge in [-0.15, -0.1) is 0 Å². The van der Waals surface area contributed by atoms with Crippen LogP contribution in [0.4, 0.5) is 0 Å². The molecule has 10 nitrogen and oxygen atoms in total. The van der Waals surface area contributed by atoms with Gasteiger partial charge < -0.3 is 0 Å². The van der Waals surface area contributed by atoms with Crippen molar-refractivity contribution >= 4 is 27.3 Å². The zero-order valence-electron chi connectivity index (χ0n) is 12.5. The Balaban J connectivity index is 4.53. The number of nitrogens with one attached hydrogen (secondary N) is 1. The van der Waals surface area contributed by atoms with Crippen LogP contribution in [-0.2, 0) is 36.8 Å². The summed E-state index contributed by atoms with van der Waals surface area (Å²) in [5.41, 5.74) is 0. The molecule has 0 bridgehead atoms. The number of hydrogen-bond donors (Lipinski definition) is 1. The van der Waals surface area contributed by atoms with E-state index in [0.717, 1.165) is 33.1 Å². The summed E-state index contributed by atoms with van der Waals surface area (Å²) in [7, 11) is -1.68. The van der Waals surface area contributed by atoms with Gasteiger partial charge >= 0.3 is 15.5 Å². The minimum Gasteiger partial charge on any atom is -0.296 e. The summed E-state index contributed by atoms with van der Waals surface area (Å²) in [4.78, 5) is 23.3. The highest BCUT2D eigenvalue weighted by molar-refractivity contribution is 7.52. The van der Waals surface area contributed by atoms with Crippen molar-refractivity contribution in [3.8, 4) is 0 Å². The molecule has 0 aliphatic carbocycles. The van der Waals surface area contributed by atoms with Crippen molar-refractivity contribution in [2.45, 2.75) is 12.8 Å². The second-order valence-corrected chi connectivity index (χ2v) is 7.86. The topological polar surface area (TPSA) is 120 Å². The maximum absolute atomic E-state index is 11.9. The Kier molecular flexibility index (Phi) is 8.31. The Labute approximate surface area is 123 Å². The van der Waals surface area contributed by atoms with Gasteiger partial charge in [0.25, 0.3) is 0 Å². The van der Waals surface area contributed by atoms with Crippen LogP contribution in [0.5, 0.6) is 0 Å². The predicted octanol–water partition coefficient (Wildman–Crippen LogP) is 1.14. The van der Waals surface area contributed by atoms with Crippen LogP contribution in [0.15, 0.2) is 0 Å². The largest absolute Gasteiger partial charge is 0.436 e. The van der Waals surface area contributed by atoms with Crippen molar-refractivity contribution in [2.75, 3.05) is 35.5 Å². The van der Waals surface area contributed by atoms with E-state index in [0.29, 0.717) is 0 Å². The van der Waals surface area contributed by atoms with E-state index < -0.39 is 27.3 Å². The molecule has 0 aliphatic heterocycles. The van der Waals surface area contributed by atoms with Crippen molar-refractivity contribution < 1.29 is 36.8 Å². The molecule has 0 aromatic carbocycles. The fourth-order valence-electron chi connectivity index (χ4n) is 1.21. The third-order valence-electron chi connectivity index (χ3n) is 2.50. The van der Waals surface area contributed by atoms with Crippen LogP contribution in [-0.4, -0.2) is 52.0 Å². The first-order valence-corrected chi connectivity index (χ1v) is 8.73. The molecule has 0 unspecified atom stereocenters. The normalized spacial score (nSPS) is 12.0. The lowest BCUT2D eigenvalue weighted by atomic mass is 10.3. The molecule has 12 heteroatoms. The molecule has 0 fully saturated rings. The molecular weight excluding hydrogens is 326 g/mol. The van der Waals surface area contributed by atoms with Crippen molar-refractivity contribution in [3.63, 3.8) is 0 Å². The van der Waals surface area contributed by atoms with Crippen LogP contribution in [0.3, 0.4) is 0 Å². The van der Waals surface area contributed by atoms with Crippen LogP contribution < -0.4 is 5.09 Å². The molecule has 21 heavy (non-hydrogen) atoms. The molecule has 124 valence electrons. The van der Waals surface area contributed by atoms with Crippen LogP contribution in [0.1, 0.15) is 12.8 Å². The molecular formula is C9H20N2O8P2. The maximum atomic E-state index is 11.9. The fraction of sp³-hybridized carbons (Fsp3) is 0.778. The first-order chi connectivity index (χ1) is 9.67. The molecule has 0 rings (SSSR count). The summed E-state index contributed by atoms with van der Waals surface area (Å²) in [6.45, 7) is 0. The fourth-order valence-corrected chi connectivity index (χ4v) is 2.97.